The Balaban J connectivity index is 2.30. The Morgan fingerprint density at radius 3 is 2.69 bits per heavy atom. The number of rotatable bonds is 10. The Morgan fingerprint density at radius 1 is 1.19 bits per heavy atom. The van der Waals surface area contributed by atoms with E-state index in [9.17, 15) is 4.79 Å². The van der Waals surface area contributed by atoms with Crippen molar-refractivity contribution in [3.63, 3.8) is 0 Å². The van der Waals surface area contributed by atoms with Crippen LogP contribution in [0.4, 0.5) is 5.69 Å². The lowest BCUT2D eigenvalue weighted by Crippen LogP contribution is -2.43. The van der Waals surface area contributed by atoms with E-state index in [1.165, 1.54) is 0 Å². The van der Waals surface area contributed by atoms with Gasteiger partial charge in [-0.25, -0.2) is 0 Å². The first-order valence-electron chi connectivity index (χ1n) is 9.51. The van der Waals surface area contributed by atoms with Gasteiger partial charge in [0.1, 0.15) is 16.9 Å². The van der Waals surface area contributed by atoms with Crippen LogP contribution in [0.15, 0.2) is 30.5 Å². The maximum Gasteiger partial charge on any atom is 0.256 e. The predicted molar refractivity (Wildman–Crippen MR) is 106 cm³/mol. The van der Waals surface area contributed by atoms with Gasteiger partial charge in [0.2, 0.25) is 0 Å². The molecule has 26 heavy (non-hydrogen) atoms. The van der Waals surface area contributed by atoms with Gasteiger partial charge in [0.25, 0.3) is 5.91 Å². The van der Waals surface area contributed by atoms with Gasteiger partial charge in [-0.15, -0.1) is 0 Å². The highest BCUT2D eigenvalue weighted by Crippen LogP contribution is 2.31. The van der Waals surface area contributed by atoms with E-state index >= 15 is 0 Å². The van der Waals surface area contributed by atoms with E-state index in [2.05, 4.69) is 17.2 Å². The molecule has 1 heterocycles. The van der Waals surface area contributed by atoms with Gasteiger partial charge in [-0.3, -0.25) is 9.78 Å². The first kappa shape index (κ1) is 20.2. The van der Waals surface area contributed by atoms with Crippen LogP contribution in [-0.4, -0.2) is 29.7 Å². The quantitative estimate of drug-likeness (QED) is 0.653. The number of ether oxygens (including phenoxy) is 2. The Kier molecular flexibility index (Phi) is 7.39. The lowest BCUT2D eigenvalue weighted by atomic mass is 9.97. The van der Waals surface area contributed by atoms with Crippen LogP contribution < -0.4 is 10.1 Å². The Labute approximate surface area is 156 Å². The highest BCUT2D eigenvalue weighted by atomic mass is 16.5. The molecule has 1 aromatic carbocycles. The predicted octanol–water partition coefficient (Wildman–Crippen LogP) is 4.95. The molecule has 1 N–H and O–H groups in total. The van der Waals surface area contributed by atoms with Crippen LogP contribution >= 0.6 is 0 Å². The van der Waals surface area contributed by atoms with Crippen LogP contribution in [0.1, 0.15) is 53.4 Å². The number of amides is 1. The van der Waals surface area contributed by atoms with E-state index in [-0.39, 0.29) is 5.91 Å². The molecule has 5 heteroatoms. The molecule has 1 unspecified atom stereocenters. The number of unbranched alkanes of at least 4 members (excludes halogenated alkanes) is 1. The number of fused-ring (bicyclic) bond motifs is 1. The van der Waals surface area contributed by atoms with Crippen LogP contribution in [0, 0.1) is 0 Å². The summed E-state index contributed by atoms with van der Waals surface area (Å²) in [6.45, 7) is 9.11. The van der Waals surface area contributed by atoms with Crippen LogP contribution in [0.25, 0.3) is 10.9 Å². The monoisotopic (exact) mass is 358 g/mol. The van der Waals surface area contributed by atoms with Crippen molar-refractivity contribution >= 4 is 22.5 Å². The Hall–Kier alpha value is -2.14. The molecule has 1 amide bonds. The van der Waals surface area contributed by atoms with Crippen molar-refractivity contribution < 1.29 is 14.3 Å². The normalized spacial score (nSPS) is 13.4. The van der Waals surface area contributed by atoms with Gasteiger partial charge in [-0.05, 0) is 51.0 Å². The highest BCUT2D eigenvalue weighted by molar-refractivity contribution is 6.05. The third-order valence-electron chi connectivity index (χ3n) is 4.39. The topological polar surface area (TPSA) is 60.5 Å². The van der Waals surface area contributed by atoms with Crippen molar-refractivity contribution in [2.45, 2.75) is 59.0 Å². The number of anilines is 1. The first-order valence-corrected chi connectivity index (χ1v) is 9.51. The molecule has 1 aromatic heterocycles. The number of carbonyl (C=O) groups is 1. The van der Waals surface area contributed by atoms with Crippen molar-refractivity contribution in [3.05, 3.63) is 30.5 Å². The summed E-state index contributed by atoms with van der Waals surface area (Å²) >= 11 is 0. The molecule has 0 saturated heterocycles. The second-order valence-corrected chi connectivity index (χ2v) is 6.58. The molecular weight excluding hydrogens is 328 g/mol. The summed E-state index contributed by atoms with van der Waals surface area (Å²) in [6.07, 6.45) is 5.27. The Bertz CT molecular complexity index is 722. The number of pyridine rings is 1. The minimum absolute atomic E-state index is 0.117. The van der Waals surface area contributed by atoms with E-state index in [1.54, 1.807) is 6.20 Å². The summed E-state index contributed by atoms with van der Waals surface area (Å²) in [5.41, 5.74) is 0.639. The third-order valence-corrected chi connectivity index (χ3v) is 4.39. The number of hydrogen-bond acceptors (Lipinski definition) is 4. The van der Waals surface area contributed by atoms with Gasteiger partial charge >= 0.3 is 0 Å². The zero-order valence-electron chi connectivity index (χ0n) is 16.3. The number of aromatic nitrogens is 1. The largest absolute Gasteiger partial charge is 0.492 e. The summed E-state index contributed by atoms with van der Waals surface area (Å²) in [5.74, 6) is 0.603. The van der Waals surface area contributed by atoms with E-state index in [1.807, 2.05) is 45.0 Å². The first-order chi connectivity index (χ1) is 12.6. The van der Waals surface area contributed by atoms with E-state index in [4.69, 9.17) is 9.47 Å². The second kappa shape index (κ2) is 9.53. The molecule has 0 spiro atoms. The average molecular weight is 358 g/mol. The van der Waals surface area contributed by atoms with Gasteiger partial charge in [-0.1, -0.05) is 26.7 Å². The third kappa shape index (κ3) is 4.73. The summed E-state index contributed by atoms with van der Waals surface area (Å²) in [4.78, 5) is 17.4. The fourth-order valence-electron chi connectivity index (χ4n) is 2.87. The zero-order chi connectivity index (χ0) is 19.0. The summed E-state index contributed by atoms with van der Waals surface area (Å²) in [5, 5.41) is 3.91. The van der Waals surface area contributed by atoms with Gasteiger partial charge in [0.05, 0.1) is 12.3 Å². The van der Waals surface area contributed by atoms with Crippen molar-refractivity contribution in [1.82, 2.24) is 4.98 Å². The number of nitrogens with zero attached hydrogens (tertiary/aromatic N) is 1. The lowest BCUT2D eigenvalue weighted by molar-refractivity contribution is -0.140. The van der Waals surface area contributed by atoms with Crippen molar-refractivity contribution in [2.24, 2.45) is 0 Å². The number of nitrogens with one attached hydrogen (secondary N) is 1. The minimum atomic E-state index is -0.834. The zero-order valence-corrected chi connectivity index (χ0v) is 16.3. The van der Waals surface area contributed by atoms with Crippen molar-refractivity contribution in [3.8, 4) is 5.75 Å². The molecule has 0 fully saturated rings. The summed E-state index contributed by atoms with van der Waals surface area (Å²) in [7, 11) is 0. The molecule has 1 atom stereocenters. The molecule has 0 radical (unpaired) electrons. The van der Waals surface area contributed by atoms with Gasteiger partial charge in [-0.2, -0.15) is 0 Å². The van der Waals surface area contributed by atoms with E-state index in [0.717, 1.165) is 41.6 Å². The fourth-order valence-corrected chi connectivity index (χ4v) is 2.87. The van der Waals surface area contributed by atoms with Crippen molar-refractivity contribution in [2.75, 3.05) is 18.5 Å². The van der Waals surface area contributed by atoms with E-state index < -0.39 is 5.60 Å². The molecule has 0 saturated carbocycles. The molecule has 142 valence electrons. The summed E-state index contributed by atoms with van der Waals surface area (Å²) < 4.78 is 11.6. The standard InChI is InChI=1S/C21H30N2O3/c1-5-8-13-21(4,26-15-6-2)20(24)23-17-11-12-18(25-7-3)19-16(17)10-9-14-22-19/h9-12,14H,5-8,13,15H2,1-4H3,(H,23,24). The number of benzene rings is 1. The smallest absolute Gasteiger partial charge is 0.256 e. The molecule has 0 bridgehead atoms. The van der Waals surface area contributed by atoms with Crippen LogP contribution in [0.5, 0.6) is 5.75 Å². The lowest BCUT2D eigenvalue weighted by Gasteiger charge is -2.29. The molecule has 0 aliphatic rings. The minimum Gasteiger partial charge on any atom is -0.492 e. The molecule has 0 aliphatic carbocycles. The van der Waals surface area contributed by atoms with Crippen LogP contribution in [0.3, 0.4) is 0 Å². The SMILES string of the molecule is CCCCC(C)(OCCC)C(=O)Nc1ccc(OCC)c2ncccc12. The molecule has 2 aromatic rings. The van der Waals surface area contributed by atoms with Gasteiger partial charge in [0.15, 0.2) is 0 Å². The van der Waals surface area contributed by atoms with Crippen LogP contribution in [-0.2, 0) is 9.53 Å². The van der Waals surface area contributed by atoms with Gasteiger partial charge < -0.3 is 14.8 Å². The van der Waals surface area contributed by atoms with Gasteiger partial charge in [0, 0.05) is 18.2 Å². The molecular formula is C21H30N2O3. The average Bonchev–Trinajstić information content (AvgIpc) is 2.66. The van der Waals surface area contributed by atoms with Crippen molar-refractivity contribution in [1.29, 1.82) is 0 Å². The van der Waals surface area contributed by atoms with Crippen LogP contribution in [0.2, 0.25) is 0 Å². The number of carbonyl (C=O) groups excluding carboxylic acids is 1. The maximum absolute atomic E-state index is 13.0. The summed E-state index contributed by atoms with van der Waals surface area (Å²) in [6, 6.07) is 7.52. The highest BCUT2D eigenvalue weighted by Gasteiger charge is 2.33. The second-order valence-electron chi connectivity index (χ2n) is 6.58. The molecule has 5 nitrogen and oxygen atoms in total. The number of hydrogen-bond donors (Lipinski definition) is 1. The fraction of sp³-hybridized carbons (Fsp3) is 0.524. The van der Waals surface area contributed by atoms with E-state index in [0.29, 0.717) is 19.6 Å². The molecule has 0 aliphatic heterocycles. The Morgan fingerprint density at radius 2 is 2.00 bits per heavy atom. The molecule has 2 rings (SSSR count). The maximum atomic E-state index is 13.0.